The van der Waals surface area contributed by atoms with Crippen molar-refractivity contribution in [3.63, 3.8) is 0 Å². The SMILES string of the molecule is CC1CCN(Cc2c(C(=O)N/N=C\C3CCCCC3)nnn2-c2nonc2N)CC1. The number of nitrogens with one attached hydrogen (secondary N) is 1. The predicted molar refractivity (Wildman–Crippen MR) is 110 cm³/mol. The van der Waals surface area contributed by atoms with Gasteiger partial charge in [0.1, 0.15) is 0 Å². The van der Waals surface area contributed by atoms with Crippen LogP contribution in [0.3, 0.4) is 0 Å². The standard InChI is InChI=1S/C19H29N9O2/c1-13-7-9-27(10-8-13)12-15-16(22-26-28(15)18-17(20)24-30-25-18)19(29)23-21-11-14-5-3-2-4-6-14/h11,13-14H,2-10,12H2,1H3,(H2,20,24)(H,23,29)/b21-11-. The van der Waals surface area contributed by atoms with E-state index in [9.17, 15) is 4.79 Å². The van der Waals surface area contributed by atoms with Gasteiger partial charge in [-0.05, 0) is 60.9 Å². The van der Waals surface area contributed by atoms with Gasteiger partial charge in [0.25, 0.3) is 5.91 Å². The fraction of sp³-hybridized carbons (Fsp3) is 0.684. The Morgan fingerprint density at radius 2 is 2.00 bits per heavy atom. The summed E-state index contributed by atoms with van der Waals surface area (Å²) >= 11 is 0. The number of rotatable bonds is 6. The molecule has 11 heteroatoms. The van der Waals surface area contributed by atoms with Gasteiger partial charge >= 0.3 is 0 Å². The summed E-state index contributed by atoms with van der Waals surface area (Å²) in [7, 11) is 0. The molecule has 2 aromatic rings. The minimum absolute atomic E-state index is 0.0932. The van der Waals surface area contributed by atoms with Crippen LogP contribution in [-0.4, -0.2) is 55.4 Å². The molecule has 0 unspecified atom stereocenters. The number of carbonyl (C=O) groups is 1. The third-order valence-corrected chi connectivity index (χ3v) is 6.03. The molecule has 3 heterocycles. The lowest BCUT2D eigenvalue weighted by Gasteiger charge is -2.30. The maximum absolute atomic E-state index is 12.8. The minimum Gasteiger partial charge on any atom is -0.378 e. The number of nitrogens with two attached hydrogens (primary N) is 1. The molecule has 0 radical (unpaired) electrons. The average Bonchev–Trinajstić information content (AvgIpc) is 3.36. The van der Waals surface area contributed by atoms with Gasteiger partial charge in [0, 0.05) is 12.8 Å². The molecule has 4 rings (SSSR count). The predicted octanol–water partition coefficient (Wildman–Crippen LogP) is 1.76. The highest BCUT2D eigenvalue weighted by Gasteiger charge is 2.27. The van der Waals surface area contributed by atoms with Crippen molar-refractivity contribution in [1.29, 1.82) is 0 Å². The summed E-state index contributed by atoms with van der Waals surface area (Å²) in [4.78, 5) is 15.1. The van der Waals surface area contributed by atoms with Gasteiger partial charge in [-0.3, -0.25) is 9.69 Å². The van der Waals surface area contributed by atoms with E-state index in [1.54, 1.807) is 0 Å². The van der Waals surface area contributed by atoms with E-state index in [0.717, 1.165) is 38.8 Å². The van der Waals surface area contributed by atoms with Crippen molar-refractivity contribution in [1.82, 2.24) is 35.6 Å². The normalized spacial score (nSPS) is 19.5. The summed E-state index contributed by atoms with van der Waals surface area (Å²) in [6, 6.07) is 0. The zero-order chi connectivity index (χ0) is 20.9. The lowest BCUT2D eigenvalue weighted by molar-refractivity contribution is 0.0946. The summed E-state index contributed by atoms with van der Waals surface area (Å²) in [5, 5.41) is 19.8. The summed E-state index contributed by atoms with van der Waals surface area (Å²) in [5.41, 5.74) is 9.26. The highest BCUT2D eigenvalue weighted by molar-refractivity contribution is 5.93. The Hall–Kier alpha value is -2.82. The molecule has 30 heavy (non-hydrogen) atoms. The van der Waals surface area contributed by atoms with Crippen molar-refractivity contribution in [3.8, 4) is 5.82 Å². The third kappa shape index (κ3) is 4.66. The van der Waals surface area contributed by atoms with Gasteiger partial charge in [0.15, 0.2) is 5.69 Å². The second-order valence-electron chi connectivity index (χ2n) is 8.35. The molecule has 1 aliphatic heterocycles. The van der Waals surface area contributed by atoms with E-state index < -0.39 is 5.91 Å². The lowest BCUT2D eigenvalue weighted by Crippen LogP contribution is -2.34. The van der Waals surface area contributed by atoms with Crippen molar-refractivity contribution < 1.29 is 9.42 Å². The number of hydrazone groups is 1. The van der Waals surface area contributed by atoms with Crippen LogP contribution in [-0.2, 0) is 6.54 Å². The molecule has 2 aliphatic rings. The number of likely N-dealkylation sites (tertiary alicyclic amines) is 1. The largest absolute Gasteiger partial charge is 0.378 e. The highest BCUT2D eigenvalue weighted by Crippen LogP contribution is 2.23. The molecule has 0 bridgehead atoms. The van der Waals surface area contributed by atoms with E-state index >= 15 is 0 Å². The molecule has 2 fully saturated rings. The van der Waals surface area contributed by atoms with Crippen LogP contribution in [0.15, 0.2) is 9.73 Å². The molecule has 0 spiro atoms. The maximum atomic E-state index is 12.8. The number of hydrogen-bond acceptors (Lipinski definition) is 9. The molecule has 162 valence electrons. The first kappa shape index (κ1) is 20.5. The lowest BCUT2D eigenvalue weighted by atomic mass is 9.90. The van der Waals surface area contributed by atoms with Crippen LogP contribution in [0.5, 0.6) is 0 Å². The highest BCUT2D eigenvalue weighted by atomic mass is 16.6. The monoisotopic (exact) mass is 415 g/mol. The van der Waals surface area contributed by atoms with Gasteiger partial charge in [-0.1, -0.05) is 31.4 Å². The Morgan fingerprint density at radius 1 is 1.23 bits per heavy atom. The van der Waals surface area contributed by atoms with Crippen LogP contribution in [0.1, 0.15) is 68.1 Å². The zero-order valence-electron chi connectivity index (χ0n) is 17.3. The number of amides is 1. The van der Waals surface area contributed by atoms with Gasteiger partial charge in [-0.15, -0.1) is 5.10 Å². The van der Waals surface area contributed by atoms with Gasteiger partial charge in [-0.2, -0.15) is 9.78 Å². The van der Waals surface area contributed by atoms with Gasteiger partial charge in [0.05, 0.1) is 5.69 Å². The molecular weight excluding hydrogens is 386 g/mol. The first-order valence-electron chi connectivity index (χ1n) is 10.7. The van der Waals surface area contributed by atoms with Crippen LogP contribution >= 0.6 is 0 Å². The van der Waals surface area contributed by atoms with Crippen molar-refractivity contribution in [2.45, 2.75) is 58.4 Å². The summed E-state index contributed by atoms with van der Waals surface area (Å²) in [6.45, 7) is 4.65. The second-order valence-corrected chi connectivity index (χ2v) is 8.35. The number of nitrogen functional groups attached to an aromatic ring is 1. The quantitative estimate of drug-likeness (QED) is 0.537. The fourth-order valence-electron chi connectivity index (χ4n) is 4.10. The molecule has 3 N–H and O–H groups in total. The number of aromatic nitrogens is 5. The van der Waals surface area contributed by atoms with Gasteiger partial charge in [-0.25, -0.2) is 10.1 Å². The van der Waals surface area contributed by atoms with E-state index in [-0.39, 0.29) is 17.3 Å². The minimum atomic E-state index is -0.399. The smallest absolute Gasteiger partial charge is 0.293 e. The van der Waals surface area contributed by atoms with Crippen molar-refractivity contribution in [3.05, 3.63) is 11.4 Å². The van der Waals surface area contributed by atoms with Crippen LogP contribution in [0.4, 0.5) is 5.82 Å². The van der Waals surface area contributed by atoms with Crippen LogP contribution in [0.25, 0.3) is 5.82 Å². The third-order valence-electron chi connectivity index (χ3n) is 6.03. The van der Waals surface area contributed by atoms with E-state index in [1.807, 2.05) is 6.21 Å². The van der Waals surface area contributed by atoms with E-state index in [4.69, 9.17) is 10.4 Å². The Morgan fingerprint density at radius 3 is 2.70 bits per heavy atom. The summed E-state index contributed by atoms with van der Waals surface area (Å²) in [5.74, 6) is 1.05. The number of piperidine rings is 1. The maximum Gasteiger partial charge on any atom is 0.293 e. The molecule has 1 amide bonds. The summed E-state index contributed by atoms with van der Waals surface area (Å²) < 4.78 is 6.14. The molecule has 0 atom stereocenters. The number of hydrogen-bond donors (Lipinski definition) is 2. The fourth-order valence-corrected chi connectivity index (χ4v) is 4.10. The van der Waals surface area contributed by atoms with E-state index in [2.05, 4.69) is 43.0 Å². The molecule has 2 aromatic heterocycles. The van der Waals surface area contributed by atoms with Gasteiger partial charge < -0.3 is 5.73 Å². The molecule has 11 nitrogen and oxygen atoms in total. The Kier molecular flexibility index (Phi) is 6.36. The topological polar surface area (TPSA) is 140 Å². The average molecular weight is 416 g/mol. The number of nitrogens with zero attached hydrogens (tertiary/aromatic N) is 7. The number of anilines is 1. The van der Waals surface area contributed by atoms with E-state index in [0.29, 0.717) is 24.1 Å². The Bertz CT molecular complexity index is 876. The van der Waals surface area contributed by atoms with Crippen LogP contribution in [0.2, 0.25) is 0 Å². The first-order valence-corrected chi connectivity index (χ1v) is 10.7. The first-order chi connectivity index (χ1) is 14.6. The van der Waals surface area contributed by atoms with Crippen LogP contribution in [0, 0.1) is 11.8 Å². The van der Waals surface area contributed by atoms with Gasteiger partial charge in [0.2, 0.25) is 11.6 Å². The Labute approximate surface area is 175 Å². The molecule has 0 aromatic carbocycles. The summed E-state index contributed by atoms with van der Waals surface area (Å²) in [6.07, 6.45) is 10.0. The van der Waals surface area contributed by atoms with Crippen molar-refractivity contribution in [2.75, 3.05) is 18.8 Å². The molecule has 1 aliphatic carbocycles. The second kappa shape index (κ2) is 9.33. The molecular formula is C19H29N9O2. The van der Waals surface area contributed by atoms with E-state index in [1.165, 1.54) is 23.9 Å². The van der Waals surface area contributed by atoms with Crippen molar-refractivity contribution >= 4 is 17.9 Å². The Balaban J connectivity index is 1.52. The van der Waals surface area contributed by atoms with Crippen molar-refractivity contribution in [2.24, 2.45) is 16.9 Å². The zero-order valence-corrected chi connectivity index (χ0v) is 17.3. The number of carbonyl (C=O) groups excluding carboxylic acids is 1. The molecule has 1 saturated carbocycles. The van der Waals surface area contributed by atoms with Crippen LogP contribution < -0.4 is 11.2 Å². The molecule has 1 saturated heterocycles.